The monoisotopic (exact) mass is 383 g/mol. The zero-order valence-electron chi connectivity index (χ0n) is 16.0. The summed E-state index contributed by atoms with van der Waals surface area (Å²) in [5, 5.41) is 5.18. The number of amides is 2. The van der Waals surface area contributed by atoms with Crippen LogP contribution in [0, 0.1) is 19.8 Å². The smallest absolute Gasteiger partial charge is 0.242 e. The van der Waals surface area contributed by atoms with E-state index in [0.717, 1.165) is 5.56 Å². The van der Waals surface area contributed by atoms with Gasteiger partial charge < -0.3 is 10.6 Å². The third kappa shape index (κ3) is 6.76. The van der Waals surface area contributed by atoms with Gasteiger partial charge >= 0.3 is 0 Å². The van der Waals surface area contributed by atoms with E-state index in [1.807, 2.05) is 20.8 Å². The Balaban J connectivity index is 2.62. The summed E-state index contributed by atoms with van der Waals surface area (Å²) in [7, 11) is -2.17. The molecule has 2 amide bonds. The van der Waals surface area contributed by atoms with Gasteiger partial charge in [-0.3, -0.25) is 9.59 Å². The molecule has 7 nitrogen and oxygen atoms in total. The lowest BCUT2D eigenvalue weighted by Gasteiger charge is -2.19. The highest BCUT2D eigenvalue weighted by Gasteiger charge is 2.21. The van der Waals surface area contributed by atoms with Crippen LogP contribution in [0.25, 0.3) is 0 Å². The molecule has 1 aromatic carbocycles. The van der Waals surface area contributed by atoms with Gasteiger partial charge in [-0.25, -0.2) is 13.1 Å². The Morgan fingerprint density at radius 1 is 1.15 bits per heavy atom. The van der Waals surface area contributed by atoms with E-state index >= 15 is 0 Å². The van der Waals surface area contributed by atoms with E-state index < -0.39 is 16.1 Å². The van der Waals surface area contributed by atoms with Gasteiger partial charge in [-0.15, -0.1) is 0 Å². The summed E-state index contributed by atoms with van der Waals surface area (Å²) in [6.07, 6.45) is 0.468. The van der Waals surface area contributed by atoms with Crippen molar-refractivity contribution in [3.63, 3.8) is 0 Å². The Morgan fingerprint density at radius 2 is 1.81 bits per heavy atom. The first-order chi connectivity index (χ1) is 12.1. The fraction of sp³-hybridized carbons (Fsp3) is 0.556. The van der Waals surface area contributed by atoms with Crippen molar-refractivity contribution in [3.8, 4) is 0 Å². The average Bonchev–Trinajstić information content (AvgIpc) is 2.52. The van der Waals surface area contributed by atoms with Crippen LogP contribution in [0.2, 0.25) is 0 Å². The SMILES string of the molecule is CNC(=O)C(CC(C)C)NC(=O)CCNS(=O)(=O)c1ccc(C)cc1C. The van der Waals surface area contributed by atoms with Crippen LogP contribution in [0.5, 0.6) is 0 Å². The molecule has 0 aromatic heterocycles. The maximum Gasteiger partial charge on any atom is 0.242 e. The molecule has 26 heavy (non-hydrogen) atoms. The van der Waals surface area contributed by atoms with Gasteiger partial charge in [0.2, 0.25) is 21.8 Å². The molecule has 0 aliphatic heterocycles. The summed E-state index contributed by atoms with van der Waals surface area (Å²) < 4.78 is 27.2. The van der Waals surface area contributed by atoms with Crippen molar-refractivity contribution in [1.29, 1.82) is 0 Å². The number of sulfonamides is 1. The van der Waals surface area contributed by atoms with Crippen LogP contribution >= 0.6 is 0 Å². The Labute approximate surface area is 156 Å². The Hall–Kier alpha value is -1.93. The minimum Gasteiger partial charge on any atom is -0.357 e. The average molecular weight is 384 g/mol. The number of benzene rings is 1. The Morgan fingerprint density at radius 3 is 2.35 bits per heavy atom. The van der Waals surface area contributed by atoms with E-state index in [2.05, 4.69) is 15.4 Å². The topological polar surface area (TPSA) is 104 Å². The molecular formula is C18H29N3O4S. The first-order valence-electron chi connectivity index (χ1n) is 8.64. The number of aryl methyl sites for hydroxylation is 2. The molecule has 0 saturated heterocycles. The molecule has 146 valence electrons. The van der Waals surface area contributed by atoms with Crippen molar-refractivity contribution in [2.24, 2.45) is 5.92 Å². The summed E-state index contributed by atoms with van der Waals surface area (Å²) in [4.78, 5) is 24.1. The normalized spacial score (nSPS) is 12.7. The van der Waals surface area contributed by atoms with Crippen LogP contribution in [0.3, 0.4) is 0 Å². The maximum absolute atomic E-state index is 12.4. The van der Waals surface area contributed by atoms with Gasteiger partial charge in [0.1, 0.15) is 6.04 Å². The highest BCUT2D eigenvalue weighted by molar-refractivity contribution is 7.89. The van der Waals surface area contributed by atoms with Crippen LogP contribution in [-0.4, -0.2) is 39.9 Å². The molecule has 3 N–H and O–H groups in total. The Kier molecular flexibility index (Phi) is 8.23. The van der Waals surface area contributed by atoms with E-state index in [1.165, 1.54) is 7.05 Å². The third-order valence-electron chi connectivity index (χ3n) is 3.87. The number of nitrogens with one attached hydrogen (secondary N) is 3. The predicted octanol–water partition coefficient (Wildman–Crippen LogP) is 1.25. The van der Waals surface area contributed by atoms with Gasteiger partial charge in [0.15, 0.2) is 0 Å². The summed E-state index contributed by atoms with van der Waals surface area (Å²) >= 11 is 0. The van der Waals surface area contributed by atoms with Gasteiger partial charge in [0.05, 0.1) is 4.90 Å². The van der Waals surface area contributed by atoms with Crippen LogP contribution in [-0.2, 0) is 19.6 Å². The quantitative estimate of drug-likeness (QED) is 0.597. The molecule has 0 saturated carbocycles. The fourth-order valence-corrected chi connectivity index (χ4v) is 3.88. The van der Waals surface area contributed by atoms with E-state index in [4.69, 9.17) is 0 Å². The van der Waals surface area contributed by atoms with Gasteiger partial charge in [-0.2, -0.15) is 0 Å². The zero-order valence-corrected chi connectivity index (χ0v) is 16.9. The molecule has 0 fully saturated rings. The second-order valence-electron chi connectivity index (χ2n) is 6.78. The maximum atomic E-state index is 12.4. The highest BCUT2D eigenvalue weighted by atomic mass is 32.2. The predicted molar refractivity (Wildman–Crippen MR) is 101 cm³/mol. The first kappa shape index (κ1) is 22.1. The number of carbonyl (C=O) groups is 2. The Bertz CT molecular complexity index is 745. The van der Waals surface area contributed by atoms with Crippen molar-refractivity contribution < 1.29 is 18.0 Å². The second kappa shape index (κ2) is 9.68. The van der Waals surface area contributed by atoms with Crippen LogP contribution in [0.1, 0.15) is 37.8 Å². The van der Waals surface area contributed by atoms with Gasteiger partial charge in [0, 0.05) is 20.0 Å². The fourth-order valence-electron chi connectivity index (χ4n) is 2.62. The number of likely N-dealkylation sites (N-methyl/N-ethyl adjacent to an activating group) is 1. The van der Waals surface area contributed by atoms with E-state index in [1.54, 1.807) is 25.1 Å². The first-order valence-corrected chi connectivity index (χ1v) is 10.1. The molecule has 1 unspecified atom stereocenters. The van der Waals surface area contributed by atoms with Crippen LogP contribution in [0.4, 0.5) is 0 Å². The molecule has 0 heterocycles. The van der Waals surface area contributed by atoms with Crippen molar-refractivity contribution in [2.45, 2.75) is 51.5 Å². The number of carbonyl (C=O) groups excluding carboxylic acids is 2. The summed E-state index contributed by atoms with van der Waals surface area (Å²) in [5.74, 6) is -0.397. The lowest BCUT2D eigenvalue weighted by Crippen LogP contribution is -2.47. The van der Waals surface area contributed by atoms with Crippen molar-refractivity contribution >= 4 is 21.8 Å². The molecule has 0 bridgehead atoms. The molecule has 1 atom stereocenters. The molecule has 8 heteroatoms. The van der Waals surface area contributed by atoms with Crippen molar-refractivity contribution in [3.05, 3.63) is 29.3 Å². The van der Waals surface area contributed by atoms with E-state index in [-0.39, 0.29) is 35.6 Å². The summed E-state index contributed by atoms with van der Waals surface area (Å²) in [5.41, 5.74) is 1.63. The number of hydrogen-bond acceptors (Lipinski definition) is 4. The largest absolute Gasteiger partial charge is 0.357 e. The summed E-state index contributed by atoms with van der Waals surface area (Å²) in [6.45, 7) is 7.50. The highest BCUT2D eigenvalue weighted by Crippen LogP contribution is 2.16. The van der Waals surface area contributed by atoms with Crippen molar-refractivity contribution in [2.75, 3.05) is 13.6 Å². The lowest BCUT2D eigenvalue weighted by molar-refractivity contribution is -0.129. The van der Waals surface area contributed by atoms with Gasteiger partial charge in [-0.05, 0) is 37.8 Å². The van der Waals surface area contributed by atoms with Gasteiger partial charge in [0.25, 0.3) is 0 Å². The van der Waals surface area contributed by atoms with Crippen LogP contribution in [0.15, 0.2) is 23.1 Å². The lowest BCUT2D eigenvalue weighted by atomic mass is 10.0. The number of rotatable bonds is 9. The van der Waals surface area contributed by atoms with E-state index in [9.17, 15) is 18.0 Å². The molecule has 0 aliphatic carbocycles. The van der Waals surface area contributed by atoms with Gasteiger partial charge in [-0.1, -0.05) is 31.5 Å². The molecule has 1 aromatic rings. The molecule has 1 rings (SSSR count). The molecular weight excluding hydrogens is 354 g/mol. The third-order valence-corrected chi connectivity index (χ3v) is 5.49. The standard InChI is InChI=1S/C18H29N3O4S/c1-12(2)10-15(18(23)19-5)21-17(22)8-9-20-26(24,25)16-7-6-13(3)11-14(16)4/h6-7,11-12,15,20H,8-10H2,1-5H3,(H,19,23)(H,21,22). The molecule has 0 spiro atoms. The van der Waals surface area contributed by atoms with E-state index in [0.29, 0.717) is 12.0 Å². The minimum absolute atomic E-state index is 0.0381. The minimum atomic E-state index is -3.68. The van der Waals surface area contributed by atoms with Crippen LogP contribution < -0.4 is 15.4 Å². The second-order valence-corrected chi connectivity index (χ2v) is 8.52. The molecule has 0 aliphatic rings. The molecule has 0 radical (unpaired) electrons. The number of hydrogen-bond donors (Lipinski definition) is 3. The summed E-state index contributed by atoms with van der Waals surface area (Å²) in [6, 6.07) is 4.45. The zero-order chi connectivity index (χ0) is 19.9. The van der Waals surface area contributed by atoms with Crippen molar-refractivity contribution in [1.82, 2.24) is 15.4 Å².